The van der Waals surface area contributed by atoms with Crippen LogP contribution >= 0.6 is 0 Å². The fourth-order valence-corrected chi connectivity index (χ4v) is 3.35. The second-order valence-corrected chi connectivity index (χ2v) is 6.67. The average molecular weight is 345 g/mol. The van der Waals surface area contributed by atoms with Crippen molar-refractivity contribution in [2.75, 3.05) is 33.3 Å². The summed E-state index contributed by atoms with van der Waals surface area (Å²) in [6.45, 7) is 9.14. The van der Waals surface area contributed by atoms with Crippen molar-refractivity contribution in [3.05, 3.63) is 34.9 Å². The van der Waals surface area contributed by atoms with Gasteiger partial charge in [-0.1, -0.05) is 23.8 Å². The number of esters is 1. The second kappa shape index (κ2) is 9.44. The molecule has 1 heterocycles. The summed E-state index contributed by atoms with van der Waals surface area (Å²) in [4.78, 5) is 18.5. The zero-order valence-electron chi connectivity index (χ0n) is 16.0. The highest BCUT2D eigenvalue weighted by atomic mass is 16.5. The van der Waals surface area contributed by atoms with Crippen LogP contribution in [0.2, 0.25) is 0 Å². The molecule has 1 aliphatic rings. The van der Waals surface area contributed by atoms with Crippen molar-refractivity contribution in [3.63, 3.8) is 0 Å². The predicted octanol–water partition coefficient (Wildman–Crippen LogP) is 2.70. The van der Waals surface area contributed by atoms with Gasteiger partial charge in [-0.05, 0) is 51.2 Å². The molecule has 2 rings (SSSR count). The van der Waals surface area contributed by atoms with E-state index in [1.807, 2.05) is 14.0 Å². The molecule has 5 nitrogen and oxygen atoms in total. The van der Waals surface area contributed by atoms with Gasteiger partial charge in [0.1, 0.15) is 0 Å². The molecule has 0 bridgehead atoms. The molecule has 5 heteroatoms. The summed E-state index contributed by atoms with van der Waals surface area (Å²) < 4.78 is 5.13. The Hall–Kier alpha value is -2.04. The number of nitrogens with zero attached hydrogens (tertiary/aromatic N) is 2. The van der Waals surface area contributed by atoms with Gasteiger partial charge in [-0.2, -0.15) is 0 Å². The van der Waals surface area contributed by atoms with Crippen molar-refractivity contribution in [1.29, 1.82) is 0 Å². The zero-order valence-corrected chi connectivity index (χ0v) is 16.0. The van der Waals surface area contributed by atoms with Crippen LogP contribution in [0.25, 0.3) is 0 Å². The zero-order chi connectivity index (χ0) is 18.2. The van der Waals surface area contributed by atoms with Gasteiger partial charge in [0.2, 0.25) is 0 Å². The lowest BCUT2D eigenvalue weighted by Crippen LogP contribution is -2.47. The molecule has 0 unspecified atom stereocenters. The third-order valence-corrected chi connectivity index (χ3v) is 4.80. The maximum Gasteiger partial charge on any atom is 0.309 e. The van der Waals surface area contributed by atoms with Crippen LogP contribution < -0.4 is 5.32 Å². The minimum Gasteiger partial charge on any atom is -0.466 e. The molecular formula is C20H31N3O2. The lowest BCUT2D eigenvalue weighted by atomic mass is 9.97. The van der Waals surface area contributed by atoms with E-state index in [2.05, 4.69) is 47.3 Å². The largest absolute Gasteiger partial charge is 0.466 e. The van der Waals surface area contributed by atoms with Crippen LogP contribution in [0, 0.1) is 19.8 Å². The Kier molecular flexibility index (Phi) is 7.29. The van der Waals surface area contributed by atoms with Crippen LogP contribution in [0.1, 0.15) is 36.5 Å². The lowest BCUT2D eigenvalue weighted by molar-refractivity contribution is -0.149. The van der Waals surface area contributed by atoms with Gasteiger partial charge in [0.15, 0.2) is 5.96 Å². The molecule has 0 radical (unpaired) electrons. The molecule has 0 spiro atoms. The molecule has 1 aliphatic heterocycles. The number of benzene rings is 1. The highest BCUT2D eigenvalue weighted by Crippen LogP contribution is 2.18. The molecule has 0 aliphatic carbocycles. The topological polar surface area (TPSA) is 53.9 Å². The van der Waals surface area contributed by atoms with Gasteiger partial charge < -0.3 is 15.0 Å². The molecule has 138 valence electrons. The molecule has 1 aromatic carbocycles. The molecule has 1 aromatic rings. The number of aryl methyl sites for hydroxylation is 2. The molecule has 0 amide bonds. The van der Waals surface area contributed by atoms with Gasteiger partial charge >= 0.3 is 5.97 Å². The van der Waals surface area contributed by atoms with E-state index in [1.165, 1.54) is 16.7 Å². The van der Waals surface area contributed by atoms with Crippen molar-refractivity contribution in [3.8, 4) is 0 Å². The molecule has 1 fully saturated rings. The van der Waals surface area contributed by atoms with E-state index in [9.17, 15) is 4.79 Å². The fourth-order valence-electron chi connectivity index (χ4n) is 3.35. The van der Waals surface area contributed by atoms with Crippen molar-refractivity contribution in [1.82, 2.24) is 10.2 Å². The van der Waals surface area contributed by atoms with Crippen LogP contribution in [0.5, 0.6) is 0 Å². The Morgan fingerprint density at radius 2 is 2.04 bits per heavy atom. The highest BCUT2D eigenvalue weighted by molar-refractivity contribution is 5.80. The first-order valence-corrected chi connectivity index (χ1v) is 9.23. The summed E-state index contributed by atoms with van der Waals surface area (Å²) in [5.41, 5.74) is 4.01. The summed E-state index contributed by atoms with van der Waals surface area (Å²) in [6, 6.07) is 6.60. The highest BCUT2D eigenvalue weighted by Gasteiger charge is 2.27. The van der Waals surface area contributed by atoms with Crippen molar-refractivity contribution < 1.29 is 9.53 Å². The number of hydrogen-bond acceptors (Lipinski definition) is 3. The van der Waals surface area contributed by atoms with Crippen LogP contribution in [-0.2, 0) is 16.0 Å². The summed E-state index contributed by atoms with van der Waals surface area (Å²) in [7, 11) is 1.82. The maximum atomic E-state index is 11.8. The number of piperidine rings is 1. The van der Waals surface area contributed by atoms with Crippen molar-refractivity contribution in [2.45, 2.75) is 40.0 Å². The Bertz CT molecular complexity index is 605. The average Bonchev–Trinajstić information content (AvgIpc) is 2.61. The number of ether oxygens (including phenoxy) is 1. The smallest absolute Gasteiger partial charge is 0.309 e. The summed E-state index contributed by atoms with van der Waals surface area (Å²) in [6.07, 6.45) is 2.64. The predicted molar refractivity (Wildman–Crippen MR) is 102 cm³/mol. The Balaban J connectivity index is 1.80. The number of guanidine groups is 1. The standard InChI is InChI=1S/C20H31N3O2/c1-5-25-19(24)18-9-12-23(13-10-18)20(21-4)22-11-8-17-7-6-15(2)14-16(17)3/h6-7,14,18H,5,8-13H2,1-4H3,(H,21,22). The molecule has 0 aromatic heterocycles. The number of nitrogens with one attached hydrogen (secondary N) is 1. The van der Waals surface area contributed by atoms with Gasteiger partial charge in [-0.3, -0.25) is 9.79 Å². The van der Waals surface area contributed by atoms with Crippen LogP contribution in [0.15, 0.2) is 23.2 Å². The first-order chi connectivity index (χ1) is 12.0. The quantitative estimate of drug-likeness (QED) is 0.506. The number of rotatable bonds is 5. The first kappa shape index (κ1) is 19.3. The maximum absolute atomic E-state index is 11.8. The minimum atomic E-state index is -0.0556. The lowest BCUT2D eigenvalue weighted by Gasteiger charge is -2.33. The number of likely N-dealkylation sites (tertiary alicyclic amines) is 1. The third kappa shape index (κ3) is 5.48. The summed E-state index contributed by atoms with van der Waals surface area (Å²) in [5.74, 6) is 0.900. The normalized spacial score (nSPS) is 16.0. The van der Waals surface area contributed by atoms with Gasteiger partial charge in [0.05, 0.1) is 12.5 Å². The summed E-state index contributed by atoms with van der Waals surface area (Å²) >= 11 is 0. The second-order valence-electron chi connectivity index (χ2n) is 6.67. The first-order valence-electron chi connectivity index (χ1n) is 9.23. The number of carbonyl (C=O) groups excluding carboxylic acids is 1. The Morgan fingerprint density at radius 1 is 1.32 bits per heavy atom. The van der Waals surface area contributed by atoms with E-state index >= 15 is 0 Å². The van der Waals surface area contributed by atoms with E-state index in [1.54, 1.807) is 0 Å². The number of hydrogen-bond donors (Lipinski definition) is 1. The Morgan fingerprint density at radius 3 is 2.64 bits per heavy atom. The fraction of sp³-hybridized carbons (Fsp3) is 0.600. The van der Waals surface area contributed by atoms with Crippen LogP contribution in [-0.4, -0.2) is 50.1 Å². The van der Waals surface area contributed by atoms with Crippen LogP contribution in [0.3, 0.4) is 0 Å². The van der Waals surface area contributed by atoms with Crippen molar-refractivity contribution >= 4 is 11.9 Å². The van der Waals surface area contributed by atoms with Crippen molar-refractivity contribution in [2.24, 2.45) is 10.9 Å². The molecule has 1 N–H and O–H groups in total. The van der Waals surface area contributed by atoms with E-state index in [0.29, 0.717) is 6.61 Å². The SMILES string of the molecule is CCOC(=O)C1CCN(C(=NC)NCCc2ccc(C)cc2C)CC1. The van der Waals surface area contributed by atoms with Gasteiger partial charge in [0, 0.05) is 26.7 Å². The molecule has 0 saturated carbocycles. The third-order valence-electron chi connectivity index (χ3n) is 4.80. The number of aliphatic imine (C=N–C) groups is 1. The van der Waals surface area contributed by atoms with E-state index in [4.69, 9.17) is 4.74 Å². The van der Waals surface area contributed by atoms with E-state index in [0.717, 1.165) is 44.9 Å². The minimum absolute atomic E-state index is 0.0320. The number of carbonyl (C=O) groups is 1. The van der Waals surface area contributed by atoms with Gasteiger partial charge in [0.25, 0.3) is 0 Å². The van der Waals surface area contributed by atoms with Gasteiger partial charge in [-0.15, -0.1) is 0 Å². The molecule has 1 saturated heterocycles. The van der Waals surface area contributed by atoms with E-state index < -0.39 is 0 Å². The van der Waals surface area contributed by atoms with Gasteiger partial charge in [-0.25, -0.2) is 0 Å². The molecule has 25 heavy (non-hydrogen) atoms. The molecular weight excluding hydrogens is 314 g/mol. The van der Waals surface area contributed by atoms with E-state index in [-0.39, 0.29) is 11.9 Å². The monoisotopic (exact) mass is 345 g/mol. The summed E-state index contributed by atoms with van der Waals surface area (Å²) in [5, 5.41) is 3.46. The van der Waals surface area contributed by atoms with Crippen LogP contribution in [0.4, 0.5) is 0 Å². The Labute approximate surface area is 151 Å². The molecule has 0 atom stereocenters.